The molecular formula is C16H24N2O3. The van der Waals surface area contributed by atoms with E-state index in [1.807, 2.05) is 13.8 Å². The fraction of sp³-hybridized carbons (Fsp3) is 0.625. The van der Waals surface area contributed by atoms with Gasteiger partial charge in [-0.25, -0.2) is 9.78 Å². The van der Waals surface area contributed by atoms with Crippen molar-refractivity contribution < 1.29 is 14.6 Å². The molecule has 1 saturated heterocycles. The topological polar surface area (TPSA) is 62.7 Å². The summed E-state index contributed by atoms with van der Waals surface area (Å²) in [5, 5.41) is 9.16. The molecular weight excluding hydrogens is 268 g/mol. The molecule has 1 unspecified atom stereocenters. The molecule has 1 aromatic heterocycles. The van der Waals surface area contributed by atoms with Crippen LogP contribution in [-0.2, 0) is 0 Å². The highest BCUT2D eigenvalue weighted by Crippen LogP contribution is 2.21. The van der Waals surface area contributed by atoms with Crippen molar-refractivity contribution in [3.63, 3.8) is 0 Å². The summed E-state index contributed by atoms with van der Waals surface area (Å²) < 4.78 is 5.70. The molecule has 0 spiro atoms. The molecule has 1 aliphatic rings. The summed E-state index contributed by atoms with van der Waals surface area (Å²) in [5.74, 6) is -0.355. The third-order valence-corrected chi connectivity index (χ3v) is 4.03. The van der Waals surface area contributed by atoms with Gasteiger partial charge in [-0.05, 0) is 44.8 Å². The number of ether oxygens (including phenoxy) is 1. The van der Waals surface area contributed by atoms with Gasteiger partial charge >= 0.3 is 5.97 Å². The third kappa shape index (κ3) is 4.17. The molecule has 1 fully saturated rings. The van der Waals surface area contributed by atoms with E-state index in [4.69, 9.17) is 9.84 Å². The second-order valence-electron chi connectivity index (χ2n) is 5.99. The molecule has 0 amide bonds. The van der Waals surface area contributed by atoms with Gasteiger partial charge in [0, 0.05) is 17.8 Å². The average molecular weight is 292 g/mol. The molecule has 2 rings (SSSR count). The molecule has 116 valence electrons. The number of rotatable bonds is 6. The van der Waals surface area contributed by atoms with Gasteiger partial charge in [0.05, 0.1) is 12.2 Å². The van der Waals surface area contributed by atoms with E-state index >= 15 is 0 Å². The predicted molar refractivity (Wildman–Crippen MR) is 81.0 cm³/mol. The molecule has 0 aromatic carbocycles. The number of hydrogen-bond donors (Lipinski definition) is 1. The van der Waals surface area contributed by atoms with E-state index in [2.05, 4.69) is 16.9 Å². The highest BCUT2D eigenvalue weighted by Gasteiger charge is 2.20. The first-order chi connectivity index (χ1) is 9.97. The number of nitrogens with zero attached hydrogens (tertiary/aromatic N) is 2. The van der Waals surface area contributed by atoms with Crippen LogP contribution in [0.25, 0.3) is 0 Å². The van der Waals surface area contributed by atoms with Crippen LogP contribution in [0, 0.1) is 0 Å². The van der Waals surface area contributed by atoms with E-state index in [1.54, 1.807) is 6.07 Å². The first-order valence-corrected chi connectivity index (χ1v) is 7.55. The van der Waals surface area contributed by atoms with Gasteiger partial charge in [-0.1, -0.05) is 13.8 Å². The summed E-state index contributed by atoms with van der Waals surface area (Å²) in [6.45, 7) is 5.70. The fourth-order valence-electron chi connectivity index (χ4n) is 2.66. The van der Waals surface area contributed by atoms with Crippen LogP contribution in [0.4, 0.5) is 0 Å². The standard InChI is InChI=1S/C16H24N2O3/c1-11(2)14-9-12(16(19)20)10-15(17-14)21-8-6-13-5-4-7-18(13)3/h9-11,13H,4-8H2,1-3H3,(H,19,20). The lowest BCUT2D eigenvalue weighted by atomic mass is 10.1. The lowest BCUT2D eigenvalue weighted by Gasteiger charge is -2.19. The molecule has 0 saturated carbocycles. The average Bonchev–Trinajstić information content (AvgIpc) is 2.84. The molecule has 0 radical (unpaired) electrons. The lowest BCUT2D eigenvalue weighted by molar-refractivity contribution is 0.0696. The predicted octanol–water partition coefficient (Wildman–Crippen LogP) is 2.77. The number of carbonyl (C=O) groups is 1. The lowest BCUT2D eigenvalue weighted by Crippen LogP contribution is -2.26. The molecule has 1 atom stereocenters. The number of aromatic carboxylic acids is 1. The number of carboxylic acid groups (broad SMARTS) is 1. The van der Waals surface area contributed by atoms with Crippen molar-refractivity contribution in [1.29, 1.82) is 0 Å². The van der Waals surface area contributed by atoms with Crippen LogP contribution in [0.3, 0.4) is 0 Å². The van der Waals surface area contributed by atoms with E-state index in [0.717, 1.165) is 18.7 Å². The first kappa shape index (κ1) is 15.8. The summed E-state index contributed by atoms with van der Waals surface area (Å²) in [7, 11) is 2.14. The smallest absolute Gasteiger partial charge is 0.335 e. The minimum atomic E-state index is -0.945. The molecule has 2 heterocycles. The van der Waals surface area contributed by atoms with Crippen molar-refractivity contribution in [3.05, 3.63) is 23.4 Å². The van der Waals surface area contributed by atoms with E-state index in [1.165, 1.54) is 18.9 Å². The van der Waals surface area contributed by atoms with Crippen LogP contribution in [0.1, 0.15) is 55.1 Å². The Morgan fingerprint density at radius 1 is 1.52 bits per heavy atom. The Morgan fingerprint density at radius 2 is 2.29 bits per heavy atom. The number of aromatic nitrogens is 1. The second kappa shape index (κ2) is 6.89. The van der Waals surface area contributed by atoms with Crippen LogP contribution in [0.2, 0.25) is 0 Å². The highest BCUT2D eigenvalue weighted by molar-refractivity contribution is 5.88. The van der Waals surface area contributed by atoms with Gasteiger partial charge in [0.2, 0.25) is 5.88 Å². The number of likely N-dealkylation sites (tertiary alicyclic amines) is 1. The molecule has 1 aliphatic heterocycles. The minimum Gasteiger partial charge on any atom is -0.478 e. The maximum atomic E-state index is 11.2. The Hall–Kier alpha value is -1.62. The van der Waals surface area contributed by atoms with Crippen LogP contribution in [0.5, 0.6) is 5.88 Å². The maximum Gasteiger partial charge on any atom is 0.335 e. The van der Waals surface area contributed by atoms with Gasteiger partial charge in [-0.3, -0.25) is 0 Å². The third-order valence-electron chi connectivity index (χ3n) is 4.03. The summed E-state index contributed by atoms with van der Waals surface area (Å²) in [6, 6.07) is 3.69. The molecule has 0 bridgehead atoms. The molecule has 1 aromatic rings. The second-order valence-corrected chi connectivity index (χ2v) is 5.99. The van der Waals surface area contributed by atoms with Gasteiger partial charge in [0.15, 0.2) is 0 Å². The van der Waals surface area contributed by atoms with Crippen LogP contribution in [0.15, 0.2) is 12.1 Å². The van der Waals surface area contributed by atoms with E-state index in [-0.39, 0.29) is 11.5 Å². The van der Waals surface area contributed by atoms with E-state index in [0.29, 0.717) is 18.5 Å². The van der Waals surface area contributed by atoms with Crippen molar-refractivity contribution in [2.75, 3.05) is 20.2 Å². The highest BCUT2D eigenvalue weighted by atomic mass is 16.5. The van der Waals surface area contributed by atoms with Crippen molar-refractivity contribution in [2.45, 2.75) is 45.1 Å². The maximum absolute atomic E-state index is 11.2. The fourth-order valence-corrected chi connectivity index (χ4v) is 2.66. The molecule has 5 heteroatoms. The van der Waals surface area contributed by atoms with Crippen molar-refractivity contribution in [3.8, 4) is 5.88 Å². The van der Waals surface area contributed by atoms with E-state index < -0.39 is 5.97 Å². The number of pyridine rings is 1. The SMILES string of the molecule is CC(C)c1cc(C(=O)O)cc(OCCC2CCCN2C)n1. The van der Waals surface area contributed by atoms with Crippen LogP contribution < -0.4 is 4.74 Å². The number of carboxylic acids is 1. The van der Waals surface area contributed by atoms with Crippen LogP contribution >= 0.6 is 0 Å². The number of hydrogen-bond acceptors (Lipinski definition) is 4. The molecule has 5 nitrogen and oxygen atoms in total. The molecule has 0 aliphatic carbocycles. The monoisotopic (exact) mass is 292 g/mol. The molecule has 21 heavy (non-hydrogen) atoms. The zero-order valence-corrected chi connectivity index (χ0v) is 13.0. The quantitative estimate of drug-likeness (QED) is 0.873. The zero-order chi connectivity index (χ0) is 15.4. The van der Waals surface area contributed by atoms with Gasteiger partial charge in [0.1, 0.15) is 0 Å². The summed E-state index contributed by atoms with van der Waals surface area (Å²) >= 11 is 0. The van der Waals surface area contributed by atoms with Crippen molar-refractivity contribution >= 4 is 5.97 Å². The molecule has 1 N–H and O–H groups in total. The minimum absolute atomic E-state index is 0.174. The summed E-state index contributed by atoms with van der Waals surface area (Å²) in [6.07, 6.45) is 3.40. The van der Waals surface area contributed by atoms with Crippen molar-refractivity contribution in [2.24, 2.45) is 0 Å². The Kier molecular flexibility index (Phi) is 5.17. The zero-order valence-electron chi connectivity index (χ0n) is 13.0. The summed E-state index contributed by atoms with van der Waals surface area (Å²) in [5.41, 5.74) is 0.990. The summed E-state index contributed by atoms with van der Waals surface area (Å²) in [4.78, 5) is 17.9. The first-order valence-electron chi connectivity index (χ1n) is 7.55. The Bertz CT molecular complexity index is 502. The van der Waals surface area contributed by atoms with E-state index in [9.17, 15) is 4.79 Å². The Balaban J connectivity index is 2.00. The van der Waals surface area contributed by atoms with Crippen LogP contribution in [-0.4, -0.2) is 47.2 Å². The Labute approximate surface area is 125 Å². The van der Waals surface area contributed by atoms with Gasteiger partial charge < -0.3 is 14.7 Å². The Morgan fingerprint density at radius 3 is 2.86 bits per heavy atom. The van der Waals surface area contributed by atoms with Gasteiger partial charge in [-0.2, -0.15) is 0 Å². The van der Waals surface area contributed by atoms with Gasteiger partial charge in [-0.15, -0.1) is 0 Å². The largest absolute Gasteiger partial charge is 0.478 e. The van der Waals surface area contributed by atoms with Gasteiger partial charge in [0.25, 0.3) is 0 Å². The normalized spacial score (nSPS) is 19.1. The van der Waals surface area contributed by atoms with Crippen molar-refractivity contribution in [1.82, 2.24) is 9.88 Å².